The second-order valence-corrected chi connectivity index (χ2v) is 6.97. The zero-order valence-corrected chi connectivity index (χ0v) is 13.8. The molecule has 0 saturated heterocycles. The van der Waals surface area contributed by atoms with Crippen LogP contribution in [0.25, 0.3) is 0 Å². The van der Waals surface area contributed by atoms with Gasteiger partial charge in [-0.1, -0.05) is 35.2 Å². The lowest BCUT2D eigenvalue weighted by Gasteiger charge is -2.46. The van der Waals surface area contributed by atoms with Gasteiger partial charge >= 0.3 is 0 Å². The van der Waals surface area contributed by atoms with Crippen LogP contribution >= 0.6 is 15.9 Å². The molecule has 0 aromatic heterocycles. The van der Waals surface area contributed by atoms with E-state index in [1.807, 2.05) is 20.2 Å². The van der Waals surface area contributed by atoms with Crippen LogP contribution in [0.3, 0.4) is 0 Å². The highest BCUT2D eigenvalue weighted by Gasteiger charge is 2.40. The molecule has 0 aliphatic heterocycles. The normalized spacial score (nSPS) is 20.1. The van der Waals surface area contributed by atoms with Crippen LogP contribution in [0.5, 0.6) is 0 Å². The van der Waals surface area contributed by atoms with Gasteiger partial charge in [0.05, 0.1) is 6.10 Å². The van der Waals surface area contributed by atoms with Gasteiger partial charge < -0.3 is 10.0 Å². The third-order valence-electron chi connectivity index (χ3n) is 4.58. The Morgan fingerprint density at radius 3 is 2.45 bits per heavy atom. The molecule has 1 N–H and O–H groups in total. The van der Waals surface area contributed by atoms with Gasteiger partial charge in [0.1, 0.15) is 5.82 Å². The summed E-state index contributed by atoms with van der Waals surface area (Å²) >= 11 is 3.31. The van der Waals surface area contributed by atoms with E-state index in [0.29, 0.717) is 6.42 Å². The van der Waals surface area contributed by atoms with Crippen molar-refractivity contribution in [3.63, 3.8) is 0 Å². The van der Waals surface area contributed by atoms with Crippen molar-refractivity contribution in [3.8, 4) is 0 Å². The van der Waals surface area contributed by atoms with Crippen LogP contribution in [0.1, 0.15) is 37.7 Å². The average Bonchev–Trinajstić information content (AvgIpc) is 2.38. The zero-order valence-electron chi connectivity index (χ0n) is 12.2. The van der Waals surface area contributed by atoms with Crippen LogP contribution in [-0.4, -0.2) is 35.7 Å². The van der Waals surface area contributed by atoms with Crippen molar-refractivity contribution in [3.05, 3.63) is 34.1 Å². The Morgan fingerprint density at radius 1 is 1.25 bits per heavy atom. The summed E-state index contributed by atoms with van der Waals surface area (Å²) in [5.41, 5.74) is 0.674. The Morgan fingerprint density at radius 2 is 1.90 bits per heavy atom. The minimum absolute atomic E-state index is 0.170. The largest absolute Gasteiger partial charge is 0.391 e. The van der Waals surface area contributed by atoms with Crippen molar-refractivity contribution < 1.29 is 9.50 Å². The first-order chi connectivity index (χ1) is 9.44. The molecular weight excluding hydrogens is 321 g/mol. The first-order valence-corrected chi connectivity index (χ1v) is 8.04. The quantitative estimate of drug-likeness (QED) is 0.899. The van der Waals surface area contributed by atoms with Crippen LogP contribution in [0.15, 0.2) is 22.7 Å². The summed E-state index contributed by atoms with van der Waals surface area (Å²) in [7, 11) is 4.08. The van der Waals surface area contributed by atoms with E-state index in [2.05, 4.69) is 20.8 Å². The summed E-state index contributed by atoms with van der Waals surface area (Å²) in [6.07, 6.45) is 5.61. The first kappa shape index (κ1) is 15.9. The molecule has 1 fully saturated rings. The van der Waals surface area contributed by atoms with E-state index in [1.165, 1.54) is 18.6 Å². The van der Waals surface area contributed by atoms with Gasteiger partial charge in [-0.05, 0) is 50.7 Å². The maximum Gasteiger partial charge on any atom is 0.124 e. The lowest BCUT2D eigenvalue weighted by Crippen LogP contribution is -2.55. The fraction of sp³-hybridized carbons (Fsp3) is 0.625. The molecule has 4 heteroatoms. The maximum atomic E-state index is 13.5. The molecule has 1 aromatic carbocycles. The number of likely N-dealkylation sites (N-methyl/N-ethyl adjacent to an activating group) is 1. The lowest BCUT2D eigenvalue weighted by molar-refractivity contribution is -0.0310. The zero-order chi connectivity index (χ0) is 14.8. The second-order valence-electron chi connectivity index (χ2n) is 6.06. The summed E-state index contributed by atoms with van der Waals surface area (Å²) in [5.74, 6) is -0.260. The smallest absolute Gasteiger partial charge is 0.124 e. The molecule has 112 valence electrons. The molecule has 0 heterocycles. The predicted molar refractivity (Wildman–Crippen MR) is 83.3 cm³/mol. The van der Waals surface area contributed by atoms with E-state index in [1.54, 1.807) is 0 Å². The summed E-state index contributed by atoms with van der Waals surface area (Å²) in [5, 5.41) is 10.8. The Kier molecular flexibility index (Phi) is 5.21. The van der Waals surface area contributed by atoms with Gasteiger partial charge in [-0.25, -0.2) is 4.39 Å². The third-order valence-corrected chi connectivity index (χ3v) is 5.04. The van der Waals surface area contributed by atoms with E-state index >= 15 is 0 Å². The van der Waals surface area contributed by atoms with E-state index in [4.69, 9.17) is 0 Å². The van der Waals surface area contributed by atoms with Gasteiger partial charge in [0.2, 0.25) is 0 Å². The molecule has 2 rings (SSSR count). The number of aliphatic hydroxyl groups is 1. The number of halogens is 2. The monoisotopic (exact) mass is 343 g/mol. The number of rotatable bonds is 4. The van der Waals surface area contributed by atoms with Gasteiger partial charge in [-0.2, -0.15) is 0 Å². The standard InChI is InChI=1S/C16H23BrFNO/c1-19(2)16(6-4-3-5-7-16)15(20)10-12-8-13(17)11-14(18)9-12/h8-9,11,15,20H,3-7,10H2,1-2H3. The minimum Gasteiger partial charge on any atom is -0.391 e. The second kappa shape index (κ2) is 6.54. The molecule has 0 spiro atoms. The van der Waals surface area contributed by atoms with E-state index in [9.17, 15) is 9.50 Å². The van der Waals surface area contributed by atoms with Crippen LogP contribution < -0.4 is 0 Å². The summed E-state index contributed by atoms with van der Waals surface area (Å²) in [4.78, 5) is 2.16. The van der Waals surface area contributed by atoms with Crippen molar-refractivity contribution >= 4 is 15.9 Å². The summed E-state index contributed by atoms with van der Waals surface area (Å²) in [6, 6.07) is 4.84. The van der Waals surface area contributed by atoms with Crippen molar-refractivity contribution in [2.24, 2.45) is 0 Å². The molecule has 0 bridgehead atoms. The molecule has 0 radical (unpaired) electrons. The van der Waals surface area contributed by atoms with Crippen molar-refractivity contribution in [2.45, 2.75) is 50.2 Å². The molecule has 1 unspecified atom stereocenters. The molecule has 1 aliphatic rings. The van der Waals surface area contributed by atoms with Crippen molar-refractivity contribution in [1.82, 2.24) is 4.90 Å². The maximum absolute atomic E-state index is 13.5. The van der Waals surface area contributed by atoms with E-state index in [0.717, 1.165) is 35.7 Å². The number of hydrogen-bond acceptors (Lipinski definition) is 2. The topological polar surface area (TPSA) is 23.5 Å². The van der Waals surface area contributed by atoms with E-state index < -0.39 is 6.10 Å². The lowest BCUT2D eigenvalue weighted by atomic mass is 9.75. The average molecular weight is 344 g/mol. The van der Waals surface area contributed by atoms with Gasteiger partial charge in [-0.3, -0.25) is 0 Å². The molecule has 1 aliphatic carbocycles. The van der Waals surface area contributed by atoms with Gasteiger partial charge in [0.25, 0.3) is 0 Å². The molecule has 2 nitrogen and oxygen atoms in total. The number of hydrogen-bond donors (Lipinski definition) is 1. The Balaban J connectivity index is 2.17. The van der Waals surface area contributed by atoms with Crippen LogP contribution in [0.2, 0.25) is 0 Å². The predicted octanol–water partition coefficient (Wildman–Crippen LogP) is 3.76. The highest BCUT2D eigenvalue weighted by Crippen LogP contribution is 2.36. The van der Waals surface area contributed by atoms with Gasteiger partial charge in [0, 0.05) is 16.4 Å². The molecule has 0 amide bonds. The van der Waals surface area contributed by atoms with Crippen LogP contribution in [-0.2, 0) is 6.42 Å². The first-order valence-electron chi connectivity index (χ1n) is 7.24. The Bertz CT molecular complexity index is 438. The fourth-order valence-corrected chi connectivity index (χ4v) is 3.90. The number of nitrogens with zero attached hydrogens (tertiary/aromatic N) is 1. The highest BCUT2D eigenvalue weighted by atomic mass is 79.9. The van der Waals surface area contributed by atoms with Gasteiger partial charge in [-0.15, -0.1) is 0 Å². The van der Waals surface area contributed by atoms with Gasteiger partial charge in [0.15, 0.2) is 0 Å². The van der Waals surface area contributed by atoms with Crippen LogP contribution in [0.4, 0.5) is 4.39 Å². The Hall–Kier alpha value is -0.450. The third kappa shape index (κ3) is 3.41. The Labute approximate surface area is 129 Å². The molecule has 1 saturated carbocycles. The summed E-state index contributed by atoms with van der Waals surface area (Å²) < 4.78 is 14.2. The number of aliphatic hydroxyl groups excluding tert-OH is 1. The number of benzene rings is 1. The van der Waals surface area contributed by atoms with E-state index in [-0.39, 0.29) is 11.4 Å². The van der Waals surface area contributed by atoms with Crippen molar-refractivity contribution in [2.75, 3.05) is 14.1 Å². The highest BCUT2D eigenvalue weighted by molar-refractivity contribution is 9.10. The molecule has 1 aromatic rings. The molecular formula is C16H23BrFNO. The summed E-state index contributed by atoms with van der Waals surface area (Å²) in [6.45, 7) is 0. The van der Waals surface area contributed by atoms with Crippen molar-refractivity contribution in [1.29, 1.82) is 0 Å². The SMILES string of the molecule is CN(C)C1(C(O)Cc2cc(F)cc(Br)c2)CCCCC1. The minimum atomic E-state index is -0.466. The van der Waals surface area contributed by atoms with Crippen LogP contribution in [0, 0.1) is 5.82 Å². The fourth-order valence-electron chi connectivity index (χ4n) is 3.38. The molecule has 20 heavy (non-hydrogen) atoms. The molecule has 1 atom stereocenters.